The maximum absolute atomic E-state index is 14.4. The normalized spacial score (nSPS) is 28.5. The second kappa shape index (κ2) is 6.02. The predicted molar refractivity (Wildman–Crippen MR) is 95.2 cm³/mol. The highest BCUT2D eigenvalue weighted by molar-refractivity contribution is 5.89. The number of aromatic nitrogens is 4. The van der Waals surface area contributed by atoms with Crippen LogP contribution in [-0.4, -0.2) is 44.0 Å². The van der Waals surface area contributed by atoms with E-state index < -0.39 is 6.10 Å². The standard InChI is InChI=1S/C19H20FN5O/c20-14-3-1-4-15-18(14)19(22-11-21-15)24-9-12-7-16(25-6-2-5-23-25)17(26)8-13(12)10-24/h1-6,11-13,16-17,26H,7-10H2/t12-,13+,16-,17-/m1/s1. The van der Waals surface area contributed by atoms with Crippen molar-refractivity contribution in [3.63, 3.8) is 0 Å². The van der Waals surface area contributed by atoms with E-state index in [-0.39, 0.29) is 11.9 Å². The number of anilines is 1. The van der Waals surface area contributed by atoms with Gasteiger partial charge in [-0.25, -0.2) is 14.4 Å². The van der Waals surface area contributed by atoms with Crippen molar-refractivity contribution in [1.29, 1.82) is 0 Å². The lowest BCUT2D eigenvalue weighted by Crippen LogP contribution is -2.36. The molecule has 2 aromatic heterocycles. The Bertz CT molecular complexity index is 926. The minimum atomic E-state index is -0.407. The van der Waals surface area contributed by atoms with Crippen LogP contribution in [0, 0.1) is 17.7 Å². The Kier molecular flexibility index (Phi) is 3.63. The second-order valence-corrected chi connectivity index (χ2v) is 7.35. The molecule has 3 heterocycles. The van der Waals surface area contributed by atoms with E-state index >= 15 is 0 Å². The molecule has 1 aliphatic heterocycles. The summed E-state index contributed by atoms with van der Waals surface area (Å²) < 4.78 is 16.3. The van der Waals surface area contributed by atoms with Crippen molar-refractivity contribution >= 4 is 16.7 Å². The lowest BCUT2D eigenvalue weighted by molar-refractivity contribution is 0.0306. The summed E-state index contributed by atoms with van der Waals surface area (Å²) in [6, 6.07) is 6.82. The molecule has 1 aromatic carbocycles. The molecule has 4 atom stereocenters. The fourth-order valence-electron chi connectivity index (χ4n) is 4.63. The molecule has 0 bridgehead atoms. The van der Waals surface area contributed by atoms with E-state index in [0.717, 1.165) is 25.9 Å². The number of hydrogen-bond acceptors (Lipinski definition) is 5. The summed E-state index contributed by atoms with van der Waals surface area (Å²) >= 11 is 0. The van der Waals surface area contributed by atoms with Gasteiger partial charge in [-0.1, -0.05) is 6.07 Å². The third-order valence-electron chi connectivity index (χ3n) is 5.87. The van der Waals surface area contributed by atoms with Gasteiger partial charge in [0.15, 0.2) is 0 Å². The Morgan fingerprint density at radius 3 is 2.73 bits per heavy atom. The minimum absolute atomic E-state index is 0.00470. The number of halogens is 1. The van der Waals surface area contributed by atoms with Gasteiger partial charge in [0.1, 0.15) is 18.0 Å². The molecule has 0 amide bonds. The molecule has 5 rings (SSSR count). The number of rotatable bonds is 2. The molecular formula is C19H20FN5O. The molecule has 26 heavy (non-hydrogen) atoms. The van der Waals surface area contributed by atoms with Gasteiger partial charge in [-0.2, -0.15) is 5.10 Å². The zero-order chi connectivity index (χ0) is 17.7. The van der Waals surface area contributed by atoms with E-state index in [1.54, 1.807) is 12.3 Å². The van der Waals surface area contributed by atoms with Crippen LogP contribution in [0.5, 0.6) is 0 Å². The van der Waals surface area contributed by atoms with Crippen LogP contribution in [0.4, 0.5) is 10.2 Å². The van der Waals surface area contributed by atoms with E-state index in [1.807, 2.05) is 23.0 Å². The fourth-order valence-corrected chi connectivity index (χ4v) is 4.63. The second-order valence-electron chi connectivity index (χ2n) is 7.35. The monoisotopic (exact) mass is 353 g/mol. The van der Waals surface area contributed by atoms with Crippen molar-refractivity contribution in [2.45, 2.75) is 25.0 Å². The molecule has 2 aliphatic rings. The third kappa shape index (κ3) is 2.46. The first-order valence-corrected chi connectivity index (χ1v) is 9.02. The van der Waals surface area contributed by atoms with Crippen molar-refractivity contribution in [2.75, 3.05) is 18.0 Å². The number of hydrogen-bond donors (Lipinski definition) is 1. The zero-order valence-electron chi connectivity index (χ0n) is 14.2. The van der Waals surface area contributed by atoms with Gasteiger partial charge < -0.3 is 10.0 Å². The van der Waals surface area contributed by atoms with Crippen LogP contribution in [0.1, 0.15) is 18.9 Å². The van der Waals surface area contributed by atoms with E-state index in [2.05, 4.69) is 20.0 Å². The highest BCUT2D eigenvalue weighted by atomic mass is 19.1. The molecule has 1 saturated heterocycles. The first-order valence-electron chi connectivity index (χ1n) is 9.02. The van der Waals surface area contributed by atoms with Crippen molar-refractivity contribution < 1.29 is 9.50 Å². The number of aliphatic hydroxyl groups excluding tert-OH is 1. The van der Waals surface area contributed by atoms with Gasteiger partial charge in [0, 0.05) is 25.5 Å². The Morgan fingerprint density at radius 1 is 1.08 bits per heavy atom. The van der Waals surface area contributed by atoms with Gasteiger partial charge in [-0.05, 0) is 42.9 Å². The number of aliphatic hydroxyl groups is 1. The van der Waals surface area contributed by atoms with Crippen LogP contribution < -0.4 is 4.90 Å². The van der Waals surface area contributed by atoms with Crippen LogP contribution in [0.3, 0.4) is 0 Å². The third-order valence-corrected chi connectivity index (χ3v) is 5.87. The average Bonchev–Trinajstić information content (AvgIpc) is 3.30. The molecule has 3 aromatic rings. The predicted octanol–water partition coefficient (Wildman–Crippen LogP) is 2.41. The lowest BCUT2D eigenvalue weighted by atomic mass is 9.77. The van der Waals surface area contributed by atoms with Gasteiger partial charge in [-0.3, -0.25) is 4.68 Å². The zero-order valence-corrected chi connectivity index (χ0v) is 14.2. The molecule has 0 spiro atoms. The summed E-state index contributed by atoms with van der Waals surface area (Å²) in [7, 11) is 0. The van der Waals surface area contributed by atoms with E-state index in [1.165, 1.54) is 12.4 Å². The molecule has 2 fully saturated rings. The van der Waals surface area contributed by atoms with Crippen molar-refractivity contribution in [1.82, 2.24) is 19.7 Å². The molecule has 134 valence electrons. The molecular weight excluding hydrogens is 333 g/mol. The first kappa shape index (κ1) is 15.7. The number of benzene rings is 1. The van der Waals surface area contributed by atoms with Crippen LogP contribution >= 0.6 is 0 Å². The quantitative estimate of drug-likeness (QED) is 0.766. The van der Waals surface area contributed by atoms with Gasteiger partial charge in [0.05, 0.1) is 23.0 Å². The van der Waals surface area contributed by atoms with Crippen molar-refractivity contribution in [2.24, 2.45) is 11.8 Å². The number of fused-ring (bicyclic) bond motifs is 2. The summed E-state index contributed by atoms with van der Waals surface area (Å²) in [5.74, 6) is 1.19. The summed E-state index contributed by atoms with van der Waals surface area (Å²) in [4.78, 5) is 10.7. The van der Waals surface area contributed by atoms with Crippen LogP contribution in [-0.2, 0) is 0 Å². The summed E-state index contributed by atoms with van der Waals surface area (Å²) in [6.07, 6.45) is 6.35. The summed E-state index contributed by atoms with van der Waals surface area (Å²) in [5.41, 5.74) is 0.624. The highest BCUT2D eigenvalue weighted by Gasteiger charge is 2.43. The van der Waals surface area contributed by atoms with Crippen molar-refractivity contribution in [3.8, 4) is 0 Å². The smallest absolute Gasteiger partial charge is 0.142 e. The summed E-state index contributed by atoms with van der Waals surface area (Å²) in [6.45, 7) is 1.60. The fraction of sp³-hybridized carbons (Fsp3) is 0.421. The Labute approximate surface area is 150 Å². The number of nitrogens with zero attached hydrogens (tertiary/aromatic N) is 5. The first-order chi connectivity index (χ1) is 12.7. The minimum Gasteiger partial charge on any atom is -0.391 e. The molecule has 1 N–H and O–H groups in total. The molecule has 1 saturated carbocycles. The van der Waals surface area contributed by atoms with Crippen LogP contribution in [0.15, 0.2) is 43.0 Å². The molecule has 1 aliphatic carbocycles. The molecule has 0 unspecified atom stereocenters. The largest absolute Gasteiger partial charge is 0.391 e. The molecule has 7 heteroatoms. The van der Waals surface area contributed by atoms with E-state index in [9.17, 15) is 9.50 Å². The maximum Gasteiger partial charge on any atom is 0.142 e. The lowest BCUT2D eigenvalue weighted by Gasteiger charge is -2.35. The Balaban J connectivity index is 1.45. The summed E-state index contributed by atoms with van der Waals surface area (Å²) in [5, 5.41) is 15.4. The molecule has 0 radical (unpaired) electrons. The Morgan fingerprint density at radius 2 is 1.92 bits per heavy atom. The van der Waals surface area contributed by atoms with Gasteiger partial charge in [0.25, 0.3) is 0 Å². The maximum atomic E-state index is 14.4. The van der Waals surface area contributed by atoms with E-state index in [4.69, 9.17) is 0 Å². The van der Waals surface area contributed by atoms with Gasteiger partial charge >= 0.3 is 0 Å². The average molecular weight is 353 g/mol. The van der Waals surface area contributed by atoms with Gasteiger partial charge in [0.2, 0.25) is 0 Å². The Hall–Kier alpha value is -2.54. The highest BCUT2D eigenvalue weighted by Crippen LogP contribution is 2.43. The SMILES string of the molecule is O[C@@H]1C[C@H]2CN(c3ncnc4cccc(F)c34)C[C@H]2C[C@H]1n1cccn1. The van der Waals surface area contributed by atoms with Crippen LogP contribution in [0.2, 0.25) is 0 Å². The van der Waals surface area contributed by atoms with Gasteiger partial charge in [-0.15, -0.1) is 0 Å². The topological polar surface area (TPSA) is 67.1 Å². The van der Waals surface area contributed by atoms with Crippen molar-refractivity contribution in [3.05, 3.63) is 48.8 Å². The molecule has 6 nitrogen and oxygen atoms in total. The van der Waals surface area contributed by atoms with E-state index in [0.29, 0.717) is 28.6 Å². The van der Waals surface area contributed by atoms with Crippen LogP contribution in [0.25, 0.3) is 10.9 Å².